The lowest BCUT2D eigenvalue weighted by atomic mass is 10.3. The highest BCUT2D eigenvalue weighted by atomic mass is 32.1. The van der Waals surface area contributed by atoms with Gasteiger partial charge in [0.25, 0.3) is 0 Å². The first kappa shape index (κ1) is 24.6. The predicted octanol–water partition coefficient (Wildman–Crippen LogP) is 4.11. The van der Waals surface area contributed by atoms with Gasteiger partial charge in [0.05, 0.1) is 19.9 Å². The third-order valence-electron chi connectivity index (χ3n) is 5.26. The van der Waals surface area contributed by atoms with Gasteiger partial charge >= 0.3 is 0 Å². The fraction of sp³-hybridized carbons (Fsp3) is 0.952. The summed E-state index contributed by atoms with van der Waals surface area (Å²) in [6.45, 7) is 17.7. The van der Waals surface area contributed by atoms with E-state index in [1.165, 1.54) is 77.5 Å². The van der Waals surface area contributed by atoms with E-state index in [-0.39, 0.29) is 0 Å². The van der Waals surface area contributed by atoms with E-state index in [0.717, 1.165) is 31.5 Å². The standard InChI is InChI=1S/C21H45N5S/c1-5-9-13-23(14-10-6-2)19-22-26-18-17-25(21(26)27)20-24(15-11-7-3)16-12-8-4/h22H,5-20H2,1-4H3. The molecule has 1 fully saturated rings. The maximum atomic E-state index is 5.78. The van der Waals surface area contributed by atoms with Gasteiger partial charge in [-0.15, -0.1) is 0 Å². The summed E-state index contributed by atoms with van der Waals surface area (Å²) in [7, 11) is 0. The summed E-state index contributed by atoms with van der Waals surface area (Å²) in [5.74, 6) is 0. The van der Waals surface area contributed by atoms with E-state index in [1.54, 1.807) is 0 Å². The van der Waals surface area contributed by atoms with Gasteiger partial charge in [0.2, 0.25) is 0 Å². The monoisotopic (exact) mass is 399 g/mol. The van der Waals surface area contributed by atoms with Gasteiger partial charge in [0, 0.05) is 6.54 Å². The number of rotatable bonds is 17. The van der Waals surface area contributed by atoms with Crippen LogP contribution in [-0.4, -0.2) is 77.4 Å². The molecule has 0 saturated carbocycles. The fourth-order valence-corrected chi connectivity index (χ4v) is 3.64. The van der Waals surface area contributed by atoms with Crippen molar-refractivity contribution in [2.45, 2.75) is 79.1 Å². The van der Waals surface area contributed by atoms with Crippen LogP contribution >= 0.6 is 12.2 Å². The van der Waals surface area contributed by atoms with Gasteiger partial charge in [-0.1, -0.05) is 53.4 Å². The molecule has 160 valence electrons. The highest BCUT2D eigenvalue weighted by molar-refractivity contribution is 7.80. The number of nitrogens with zero attached hydrogens (tertiary/aromatic N) is 4. The first-order valence-corrected chi connectivity index (χ1v) is 11.8. The summed E-state index contributed by atoms with van der Waals surface area (Å²) in [6.07, 6.45) is 10.1. The number of hydrazine groups is 1. The van der Waals surface area contributed by atoms with E-state index in [2.05, 4.69) is 52.8 Å². The summed E-state index contributed by atoms with van der Waals surface area (Å²) < 4.78 is 0. The quantitative estimate of drug-likeness (QED) is 0.292. The van der Waals surface area contributed by atoms with Crippen molar-refractivity contribution in [1.82, 2.24) is 25.1 Å². The molecular weight excluding hydrogens is 354 g/mol. The lowest BCUT2D eigenvalue weighted by Gasteiger charge is -2.30. The van der Waals surface area contributed by atoms with Crippen LogP contribution in [0.3, 0.4) is 0 Å². The molecule has 0 spiro atoms. The Morgan fingerprint density at radius 3 is 1.74 bits per heavy atom. The molecule has 0 atom stereocenters. The number of hydrogen-bond donors (Lipinski definition) is 1. The van der Waals surface area contributed by atoms with E-state index in [4.69, 9.17) is 12.2 Å². The zero-order valence-electron chi connectivity index (χ0n) is 18.5. The second-order valence-corrected chi connectivity index (χ2v) is 8.17. The molecule has 0 aromatic heterocycles. The highest BCUT2D eigenvalue weighted by Gasteiger charge is 2.26. The Kier molecular flexibility index (Phi) is 14.1. The van der Waals surface area contributed by atoms with E-state index >= 15 is 0 Å². The Morgan fingerprint density at radius 1 is 0.778 bits per heavy atom. The van der Waals surface area contributed by atoms with Crippen molar-refractivity contribution < 1.29 is 0 Å². The molecular formula is C21H45N5S. The molecule has 1 rings (SSSR count). The van der Waals surface area contributed by atoms with Gasteiger partial charge in [0.15, 0.2) is 5.11 Å². The van der Waals surface area contributed by atoms with E-state index < -0.39 is 0 Å². The van der Waals surface area contributed by atoms with Crippen LogP contribution in [0.15, 0.2) is 0 Å². The minimum absolute atomic E-state index is 0.906. The Morgan fingerprint density at radius 2 is 1.26 bits per heavy atom. The molecule has 0 amide bonds. The van der Waals surface area contributed by atoms with Crippen LogP contribution in [0.2, 0.25) is 0 Å². The van der Waals surface area contributed by atoms with Crippen LogP contribution in [0, 0.1) is 0 Å². The zero-order chi connectivity index (χ0) is 19.9. The van der Waals surface area contributed by atoms with E-state index in [9.17, 15) is 0 Å². The minimum Gasteiger partial charge on any atom is -0.333 e. The molecule has 0 radical (unpaired) electrons. The first-order valence-electron chi connectivity index (χ1n) is 11.4. The van der Waals surface area contributed by atoms with E-state index in [0.29, 0.717) is 0 Å². The van der Waals surface area contributed by atoms with Crippen LogP contribution in [-0.2, 0) is 0 Å². The normalized spacial score (nSPS) is 15.0. The highest BCUT2D eigenvalue weighted by Crippen LogP contribution is 2.10. The number of nitrogens with one attached hydrogen (secondary N) is 1. The maximum absolute atomic E-state index is 5.78. The molecule has 5 nitrogen and oxygen atoms in total. The molecule has 1 aliphatic heterocycles. The van der Waals surface area contributed by atoms with Gasteiger partial charge in [-0.25, -0.2) is 5.43 Å². The molecule has 6 heteroatoms. The molecule has 0 aromatic carbocycles. The minimum atomic E-state index is 0.906. The Hall–Kier alpha value is -0.430. The van der Waals surface area contributed by atoms with Crippen molar-refractivity contribution in [1.29, 1.82) is 0 Å². The van der Waals surface area contributed by atoms with Crippen LogP contribution in [0.4, 0.5) is 0 Å². The van der Waals surface area contributed by atoms with Crippen LogP contribution in [0.5, 0.6) is 0 Å². The second kappa shape index (κ2) is 15.5. The van der Waals surface area contributed by atoms with Gasteiger partial charge in [-0.3, -0.25) is 14.8 Å². The molecule has 1 saturated heterocycles. The van der Waals surface area contributed by atoms with Gasteiger partial charge in [0.1, 0.15) is 0 Å². The smallest absolute Gasteiger partial charge is 0.187 e. The van der Waals surface area contributed by atoms with Crippen LogP contribution in [0.1, 0.15) is 79.1 Å². The molecule has 0 unspecified atom stereocenters. The SMILES string of the molecule is CCCCN(CCCC)CNN1CCN(CN(CCCC)CCCC)C1=S. The third-order valence-corrected chi connectivity index (χ3v) is 5.74. The van der Waals surface area contributed by atoms with Gasteiger partial charge in [-0.05, 0) is 64.1 Å². The largest absolute Gasteiger partial charge is 0.333 e. The van der Waals surface area contributed by atoms with Crippen molar-refractivity contribution in [2.75, 3.05) is 52.6 Å². The topological polar surface area (TPSA) is 25.0 Å². The lowest BCUT2D eigenvalue weighted by molar-refractivity contribution is 0.185. The molecule has 0 bridgehead atoms. The van der Waals surface area contributed by atoms with Crippen molar-refractivity contribution in [3.8, 4) is 0 Å². The average Bonchev–Trinajstić information content (AvgIpc) is 3.02. The number of unbranched alkanes of at least 4 members (excludes halogenated alkanes) is 4. The Labute approximate surface area is 174 Å². The zero-order valence-corrected chi connectivity index (χ0v) is 19.3. The molecule has 0 aliphatic carbocycles. The Bertz CT molecular complexity index is 364. The van der Waals surface area contributed by atoms with Gasteiger partial charge < -0.3 is 4.90 Å². The summed E-state index contributed by atoms with van der Waals surface area (Å²) in [5, 5.41) is 3.16. The number of hydrogen-bond acceptors (Lipinski definition) is 4. The molecule has 0 aromatic rings. The molecule has 1 N–H and O–H groups in total. The molecule has 27 heavy (non-hydrogen) atoms. The van der Waals surface area contributed by atoms with E-state index in [1.807, 2.05) is 0 Å². The van der Waals surface area contributed by atoms with Crippen molar-refractivity contribution in [3.63, 3.8) is 0 Å². The molecule has 1 heterocycles. The van der Waals surface area contributed by atoms with Crippen LogP contribution in [0.25, 0.3) is 0 Å². The van der Waals surface area contributed by atoms with Gasteiger partial charge in [-0.2, -0.15) is 0 Å². The lowest BCUT2D eigenvalue weighted by Crippen LogP contribution is -2.48. The Balaban J connectivity index is 2.45. The van der Waals surface area contributed by atoms with Crippen molar-refractivity contribution in [3.05, 3.63) is 0 Å². The predicted molar refractivity (Wildman–Crippen MR) is 122 cm³/mol. The van der Waals surface area contributed by atoms with Crippen LogP contribution < -0.4 is 5.43 Å². The summed E-state index contributed by atoms with van der Waals surface area (Å²) in [5.41, 5.74) is 3.60. The molecule has 1 aliphatic rings. The maximum Gasteiger partial charge on any atom is 0.187 e. The van der Waals surface area contributed by atoms with Crippen molar-refractivity contribution >= 4 is 17.3 Å². The second-order valence-electron chi connectivity index (χ2n) is 7.81. The summed E-state index contributed by atoms with van der Waals surface area (Å²) in [4.78, 5) is 7.49. The number of thiocarbonyl (C=S) groups is 1. The summed E-state index contributed by atoms with van der Waals surface area (Å²) in [6, 6.07) is 0. The first-order chi connectivity index (χ1) is 13.2. The summed E-state index contributed by atoms with van der Waals surface area (Å²) >= 11 is 5.78. The fourth-order valence-electron chi connectivity index (χ4n) is 3.34. The third kappa shape index (κ3) is 10.1. The average molecular weight is 400 g/mol. The van der Waals surface area contributed by atoms with Crippen molar-refractivity contribution in [2.24, 2.45) is 0 Å².